The topological polar surface area (TPSA) is 27.8 Å². The monoisotopic (exact) mass is 302 g/mol. The van der Waals surface area contributed by atoms with E-state index in [2.05, 4.69) is 22.4 Å². The summed E-state index contributed by atoms with van der Waals surface area (Å²) in [5.74, 6) is -0.262. The summed E-state index contributed by atoms with van der Waals surface area (Å²) in [5, 5.41) is 4.95. The molecule has 0 bridgehead atoms. The van der Waals surface area contributed by atoms with Gasteiger partial charge in [0.05, 0.1) is 0 Å². The Morgan fingerprint density at radius 3 is 2.81 bits per heavy atom. The van der Waals surface area contributed by atoms with Crippen LogP contribution in [-0.4, -0.2) is 11.5 Å². The molecule has 1 aromatic heterocycles. The van der Waals surface area contributed by atoms with Crippen molar-refractivity contribution in [3.05, 3.63) is 70.6 Å². The number of aromatic amines is 1. The summed E-state index contributed by atoms with van der Waals surface area (Å²) in [4.78, 5) is 3.26. The molecule has 2 nitrogen and oxygen atoms in total. The number of hydrogen-bond donors (Lipinski definition) is 2. The molecule has 0 unspecified atom stereocenters. The minimum atomic E-state index is -0.262. The number of benzene rings is 2. The van der Waals surface area contributed by atoms with Gasteiger partial charge in [-0.1, -0.05) is 35.9 Å². The fourth-order valence-corrected chi connectivity index (χ4v) is 2.71. The minimum Gasteiger partial charge on any atom is -0.361 e. The molecule has 1 heterocycles. The molecule has 0 aliphatic carbocycles. The summed E-state index contributed by atoms with van der Waals surface area (Å²) in [5.41, 5.74) is 2.93. The highest BCUT2D eigenvalue weighted by molar-refractivity contribution is 6.31. The fourth-order valence-electron chi connectivity index (χ4n) is 2.48. The molecule has 0 radical (unpaired) electrons. The van der Waals surface area contributed by atoms with Gasteiger partial charge in [-0.15, -0.1) is 0 Å². The van der Waals surface area contributed by atoms with E-state index in [4.69, 9.17) is 11.6 Å². The van der Waals surface area contributed by atoms with Gasteiger partial charge in [-0.05, 0) is 36.7 Å². The fraction of sp³-hybridized carbons (Fsp3) is 0.176. The Labute approximate surface area is 127 Å². The largest absolute Gasteiger partial charge is 0.361 e. The Morgan fingerprint density at radius 1 is 1.10 bits per heavy atom. The lowest BCUT2D eigenvalue weighted by molar-refractivity contribution is 0.589. The number of nitrogens with one attached hydrogen (secondary N) is 2. The Balaban J connectivity index is 1.59. The number of para-hydroxylation sites is 1. The van der Waals surface area contributed by atoms with Crippen LogP contribution in [0.5, 0.6) is 0 Å². The molecule has 108 valence electrons. The zero-order chi connectivity index (χ0) is 14.7. The van der Waals surface area contributed by atoms with E-state index >= 15 is 0 Å². The lowest BCUT2D eigenvalue weighted by Crippen LogP contribution is -2.17. The van der Waals surface area contributed by atoms with Crippen molar-refractivity contribution in [2.75, 3.05) is 6.54 Å². The summed E-state index contributed by atoms with van der Waals surface area (Å²) in [6.45, 7) is 1.21. The smallest absolute Gasteiger partial charge is 0.129 e. The van der Waals surface area contributed by atoms with E-state index in [-0.39, 0.29) is 5.82 Å². The molecule has 0 atom stereocenters. The van der Waals surface area contributed by atoms with E-state index in [9.17, 15) is 4.39 Å². The van der Waals surface area contributed by atoms with Crippen molar-refractivity contribution in [3.8, 4) is 0 Å². The Morgan fingerprint density at radius 2 is 1.95 bits per heavy atom. The Bertz CT molecular complexity index is 731. The molecular weight excluding hydrogens is 287 g/mol. The van der Waals surface area contributed by atoms with Crippen molar-refractivity contribution < 1.29 is 4.39 Å². The highest BCUT2D eigenvalue weighted by atomic mass is 35.5. The van der Waals surface area contributed by atoms with Crippen LogP contribution >= 0.6 is 11.6 Å². The van der Waals surface area contributed by atoms with Gasteiger partial charge >= 0.3 is 0 Å². The van der Waals surface area contributed by atoms with Crippen LogP contribution in [0.4, 0.5) is 4.39 Å². The second kappa shape index (κ2) is 6.29. The minimum absolute atomic E-state index is 0.262. The van der Waals surface area contributed by atoms with Crippen molar-refractivity contribution in [1.29, 1.82) is 0 Å². The molecule has 2 N–H and O–H groups in total. The molecule has 0 spiro atoms. The lowest BCUT2D eigenvalue weighted by atomic mass is 10.1. The maximum absolute atomic E-state index is 13.6. The van der Waals surface area contributed by atoms with Crippen molar-refractivity contribution in [1.82, 2.24) is 10.3 Å². The molecule has 21 heavy (non-hydrogen) atoms. The van der Waals surface area contributed by atoms with Gasteiger partial charge in [-0.2, -0.15) is 0 Å². The van der Waals surface area contributed by atoms with Crippen LogP contribution in [0.15, 0.2) is 48.7 Å². The quantitative estimate of drug-likeness (QED) is 0.676. The van der Waals surface area contributed by atoms with Gasteiger partial charge in [-0.3, -0.25) is 0 Å². The highest BCUT2D eigenvalue weighted by Crippen LogP contribution is 2.19. The third-order valence-corrected chi connectivity index (χ3v) is 3.96. The predicted molar refractivity (Wildman–Crippen MR) is 85.1 cm³/mol. The van der Waals surface area contributed by atoms with Crippen LogP contribution in [-0.2, 0) is 13.0 Å². The predicted octanol–water partition coefficient (Wildman–Crippen LogP) is 4.29. The SMILES string of the molecule is Fc1cccc(Cl)c1CNCCc1c[nH]c2ccccc12. The molecule has 0 fully saturated rings. The third-order valence-electron chi connectivity index (χ3n) is 3.61. The average Bonchev–Trinajstić information content (AvgIpc) is 2.89. The van der Waals surface area contributed by atoms with E-state index < -0.39 is 0 Å². The van der Waals surface area contributed by atoms with Crippen LogP contribution in [0.1, 0.15) is 11.1 Å². The summed E-state index contributed by atoms with van der Waals surface area (Å²) >= 11 is 6.00. The van der Waals surface area contributed by atoms with Crippen molar-refractivity contribution >= 4 is 22.5 Å². The van der Waals surface area contributed by atoms with E-state index in [1.165, 1.54) is 17.0 Å². The van der Waals surface area contributed by atoms with Gasteiger partial charge < -0.3 is 10.3 Å². The van der Waals surface area contributed by atoms with E-state index in [1.807, 2.05) is 18.3 Å². The second-order valence-corrected chi connectivity index (χ2v) is 5.39. The van der Waals surface area contributed by atoms with E-state index in [0.717, 1.165) is 18.5 Å². The summed E-state index contributed by atoms with van der Waals surface area (Å²) in [6.07, 6.45) is 2.92. The molecule has 3 aromatic rings. The molecular formula is C17H16ClFN2. The lowest BCUT2D eigenvalue weighted by Gasteiger charge is -2.07. The maximum Gasteiger partial charge on any atom is 0.129 e. The van der Waals surface area contributed by atoms with Crippen molar-refractivity contribution in [2.45, 2.75) is 13.0 Å². The molecule has 0 amide bonds. The number of H-pyrrole nitrogens is 1. The van der Waals surface area contributed by atoms with Crippen molar-refractivity contribution in [3.63, 3.8) is 0 Å². The molecule has 3 rings (SSSR count). The molecule has 0 aliphatic heterocycles. The maximum atomic E-state index is 13.6. The zero-order valence-corrected chi connectivity index (χ0v) is 12.3. The van der Waals surface area contributed by atoms with E-state index in [1.54, 1.807) is 12.1 Å². The van der Waals surface area contributed by atoms with Gasteiger partial charge in [-0.25, -0.2) is 4.39 Å². The first-order valence-electron chi connectivity index (χ1n) is 6.94. The number of fused-ring (bicyclic) bond motifs is 1. The van der Waals surface area contributed by atoms with Crippen LogP contribution < -0.4 is 5.32 Å². The molecule has 4 heteroatoms. The number of aromatic nitrogens is 1. The zero-order valence-electron chi connectivity index (χ0n) is 11.5. The van der Waals surface area contributed by atoms with Gasteiger partial charge in [0, 0.05) is 34.2 Å². The Hall–Kier alpha value is -1.84. The van der Waals surface area contributed by atoms with Crippen molar-refractivity contribution in [2.24, 2.45) is 0 Å². The first-order valence-corrected chi connectivity index (χ1v) is 7.32. The van der Waals surface area contributed by atoms with Gasteiger partial charge in [0.15, 0.2) is 0 Å². The Kier molecular flexibility index (Phi) is 4.23. The third kappa shape index (κ3) is 3.09. The summed E-state index contributed by atoms with van der Waals surface area (Å²) < 4.78 is 13.6. The standard InChI is InChI=1S/C17H16ClFN2/c18-15-5-3-6-16(19)14(15)11-20-9-8-12-10-21-17-7-2-1-4-13(12)17/h1-7,10,20-21H,8-9,11H2. The molecule has 0 saturated heterocycles. The number of halogens is 2. The summed E-state index contributed by atoms with van der Waals surface area (Å²) in [6, 6.07) is 13.0. The van der Waals surface area contributed by atoms with Gasteiger partial charge in [0.25, 0.3) is 0 Å². The van der Waals surface area contributed by atoms with Gasteiger partial charge in [0.2, 0.25) is 0 Å². The molecule has 0 aliphatic rings. The highest BCUT2D eigenvalue weighted by Gasteiger charge is 2.06. The van der Waals surface area contributed by atoms with Crippen LogP contribution in [0.3, 0.4) is 0 Å². The van der Waals surface area contributed by atoms with Crippen LogP contribution in [0.25, 0.3) is 10.9 Å². The van der Waals surface area contributed by atoms with Crippen LogP contribution in [0, 0.1) is 5.82 Å². The first kappa shape index (κ1) is 14.1. The number of hydrogen-bond acceptors (Lipinski definition) is 1. The normalized spacial score (nSPS) is 11.1. The first-order chi connectivity index (χ1) is 10.3. The molecule has 0 saturated carbocycles. The van der Waals surface area contributed by atoms with E-state index in [0.29, 0.717) is 17.1 Å². The number of rotatable bonds is 5. The molecule has 2 aromatic carbocycles. The average molecular weight is 303 g/mol. The summed E-state index contributed by atoms with van der Waals surface area (Å²) in [7, 11) is 0. The van der Waals surface area contributed by atoms with Gasteiger partial charge in [0.1, 0.15) is 5.82 Å². The van der Waals surface area contributed by atoms with Crippen LogP contribution in [0.2, 0.25) is 5.02 Å². The second-order valence-electron chi connectivity index (χ2n) is 4.99.